The van der Waals surface area contributed by atoms with Gasteiger partial charge in [0.1, 0.15) is 11.5 Å². The Balaban J connectivity index is 1.57. The Labute approximate surface area is 163 Å². The molecule has 27 heavy (non-hydrogen) atoms. The molecule has 0 saturated carbocycles. The van der Waals surface area contributed by atoms with Crippen molar-refractivity contribution in [1.82, 2.24) is 20.0 Å². The number of hydrogen-bond donors (Lipinski definition) is 1. The van der Waals surface area contributed by atoms with Crippen LogP contribution in [0.4, 0.5) is 13.6 Å². The molecule has 0 saturated heterocycles. The average molecular weight is 435 g/mol. The third-order valence-electron chi connectivity index (χ3n) is 3.92. The summed E-state index contributed by atoms with van der Waals surface area (Å²) in [5.74, 6) is -1.35. The van der Waals surface area contributed by atoms with Crippen molar-refractivity contribution >= 4 is 22.0 Å². The van der Waals surface area contributed by atoms with Crippen LogP contribution in [0.1, 0.15) is 11.1 Å². The minimum atomic E-state index is -0.706. The van der Waals surface area contributed by atoms with Crippen LogP contribution in [0, 0.1) is 11.6 Å². The molecule has 0 bridgehead atoms. The van der Waals surface area contributed by atoms with E-state index < -0.39 is 11.6 Å². The molecular weight excluding hydrogens is 418 g/mol. The molecule has 3 aromatic rings. The van der Waals surface area contributed by atoms with Crippen molar-refractivity contribution in [3.8, 4) is 5.69 Å². The van der Waals surface area contributed by atoms with Gasteiger partial charge in [-0.3, -0.25) is 0 Å². The lowest BCUT2D eigenvalue weighted by molar-refractivity contribution is 0.206. The predicted molar refractivity (Wildman–Crippen MR) is 101 cm³/mol. The first-order chi connectivity index (χ1) is 12.9. The topological polar surface area (TPSA) is 50.2 Å². The Morgan fingerprint density at radius 1 is 1.19 bits per heavy atom. The fourth-order valence-corrected chi connectivity index (χ4v) is 2.76. The summed E-state index contributed by atoms with van der Waals surface area (Å²) >= 11 is 3.38. The smallest absolute Gasteiger partial charge is 0.317 e. The number of aromatic nitrogens is 2. The SMILES string of the molecule is CN(Cc1ccc(Br)cc1)C(=O)NCc1cnn(-c2ccc(F)cc2F)c1. The fraction of sp³-hybridized carbons (Fsp3) is 0.158. The Kier molecular flexibility index (Phi) is 5.85. The zero-order chi connectivity index (χ0) is 19.4. The highest BCUT2D eigenvalue weighted by Crippen LogP contribution is 2.15. The van der Waals surface area contributed by atoms with Crippen molar-refractivity contribution in [2.45, 2.75) is 13.1 Å². The number of benzene rings is 2. The number of nitrogens with zero attached hydrogens (tertiary/aromatic N) is 3. The summed E-state index contributed by atoms with van der Waals surface area (Å²) in [4.78, 5) is 13.8. The van der Waals surface area contributed by atoms with Crippen LogP contribution in [0.5, 0.6) is 0 Å². The van der Waals surface area contributed by atoms with E-state index in [2.05, 4.69) is 26.3 Å². The Hall–Kier alpha value is -2.74. The lowest BCUT2D eigenvalue weighted by Gasteiger charge is -2.17. The maximum Gasteiger partial charge on any atom is 0.317 e. The van der Waals surface area contributed by atoms with E-state index in [0.717, 1.165) is 16.1 Å². The lowest BCUT2D eigenvalue weighted by Crippen LogP contribution is -2.36. The summed E-state index contributed by atoms with van der Waals surface area (Å²) in [7, 11) is 1.70. The van der Waals surface area contributed by atoms with Crippen LogP contribution in [0.25, 0.3) is 5.69 Å². The first kappa shape index (κ1) is 19.0. The molecule has 140 valence electrons. The highest BCUT2D eigenvalue weighted by atomic mass is 79.9. The van der Waals surface area contributed by atoms with Gasteiger partial charge >= 0.3 is 6.03 Å². The second kappa shape index (κ2) is 8.30. The van der Waals surface area contributed by atoms with Crippen molar-refractivity contribution in [3.63, 3.8) is 0 Å². The Morgan fingerprint density at radius 2 is 1.93 bits per heavy atom. The molecule has 1 N–H and O–H groups in total. The van der Waals surface area contributed by atoms with E-state index in [9.17, 15) is 13.6 Å². The van der Waals surface area contributed by atoms with Crippen LogP contribution in [0.3, 0.4) is 0 Å². The molecule has 0 atom stereocenters. The first-order valence-corrected chi connectivity index (χ1v) is 8.94. The minimum Gasteiger partial charge on any atom is -0.334 e. The molecular formula is C19H17BrF2N4O. The number of rotatable bonds is 5. The Bertz CT molecular complexity index is 943. The molecule has 0 fully saturated rings. The number of amides is 2. The number of halogens is 3. The van der Waals surface area contributed by atoms with Gasteiger partial charge in [-0.25, -0.2) is 18.3 Å². The van der Waals surface area contributed by atoms with Gasteiger partial charge in [-0.1, -0.05) is 28.1 Å². The van der Waals surface area contributed by atoms with E-state index >= 15 is 0 Å². The van der Waals surface area contributed by atoms with Crippen LogP contribution in [-0.2, 0) is 13.1 Å². The largest absolute Gasteiger partial charge is 0.334 e. The van der Waals surface area contributed by atoms with Crippen LogP contribution in [-0.4, -0.2) is 27.8 Å². The van der Waals surface area contributed by atoms with E-state index in [1.165, 1.54) is 23.0 Å². The monoisotopic (exact) mass is 434 g/mol. The second-order valence-corrected chi connectivity index (χ2v) is 6.95. The summed E-state index contributed by atoms with van der Waals surface area (Å²) in [5, 5.41) is 6.85. The molecule has 0 aliphatic heterocycles. The van der Waals surface area contributed by atoms with Gasteiger partial charge in [-0.05, 0) is 29.8 Å². The van der Waals surface area contributed by atoms with Crippen LogP contribution < -0.4 is 5.32 Å². The molecule has 0 spiro atoms. The lowest BCUT2D eigenvalue weighted by atomic mass is 10.2. The van der Waals surface area contributed by atoms with E-state index in [1.807, 2.05) is 24.3 Å². The minimum absolute atomic E-state index is 0.140. The van der Waals surface area contributed by atoms with E-state index in [4.69, 9.17) is 0 Å². The Morgan fingerprint density at radius 3 is 2.63 bits per heavy atom. The number of carbonyl (C=O) groups excluding carboxylic acids is 1. The molecule has 1 heterocycles. The summed E-state index contributed by atoms with van der Waals surface area (Å²) < 4.78 is 29.1. The van der Waals surface area contributed by atoms with Gasteiger partial charge < -0.3 is 10.2 Å². The fourth-order valence-electron chi connectivity index (χ4n) is 2.50. The summed E-state index contributed by atoms with van der Waals surface area (Å²) in [6.07, 6.45) is 3.11. The molecule has 5 nitrogen and oxygen atoms in total. The van der Waals surface area contributed by atoms with E-state index in [0.29, 0.717) is 12.1 Å². The molecule has 1 aromatic heterocycles. The normalized spacial score (nSPS) is 10.7. The number of urea groups is 1. The third kappa shape index (κ3) is 4.91. The second-order valence-electron chi connectivity index (χ2n) is 6.03. The van der Waals surface area contributed by atoms with Crippen LogP contribution in [0.15, 0.2) is 59.3 Å². The standard InChI is InChI=1S/C19H17BrF2N4O/c1-25(11-13-2-4-15(20)5-3-13)19(27)23-9-14-10-24-26(12-14)18-7-6-16(21)8-17(18)22/h2-8,10,12H,9,11H2,1H3,(H,23,27). The maximum absolute atomic E-state index is 13.8. The third-order valence-corrected chi connectivity index (χ3v) is 4.44. The summed E-state index contributed by atoms with van der Waals surface area (Å²) in [5.41, 5.74) is 1.85. The van der Waals surface area contributed by atoms with Crippen LogP contribution >= 0.6 is 15.9 Å². The number of nitrogens with one attached hydrogen (secondary N) is 1. The highest BCUT2D eigenvalue weighted by Gasteiger charge is 2.11. The quantitative estimate of drug-likeness (QED) is 0.652. The number of carbonyl (C=O) groups is 1. The maximum atomic E-state index is 13.8. The molecule has 2 amide bonds. The average Bonchev–Trinajstić information content (AvgIpc) is 3.10. The van der Waals surface area contributed by atoms with Gasteiger partial charge in [-0.2, -0.15) is 5.10 Å². The van der Waals surface area contributed by atoms with Crippen molar-refractivity contribution in [2.75, 3.05) is 7.05 Å². The van der Waals surface area contributed by atoms with Gasteiger partial charge in [0.2, 0.25) is 0 Å². The predicted octanol–water partition coefficient (Wildman–Crippen LogP) is 4.25. The summed E-state index contributed by atoms with van der Waals surface area (Å²) in [6, 6.07) is 10.8. The van der Waals surface area contributed by atoms with Gasteiger partial charge in [-0.15, -0.1) is 0 Å². The molecule has 0 aliphatic carbocycles. The molecule has 0 aliphatic rings. The molecule has 0 radical (unpaired) electrons. The molecule has 0 unspecified atom stereocenters. The van der Waals surface area contributed by atoms with Gasteiger partial charge in [0, 0.05) is 42.4 Å². The van der Waals surface area contributed by atoms with Crippen molar-refractivity contribution in [2.24, 2.45) is 0 Å². The first-order valence-electron chi connectivity index (χ1n) is 8.15. The van der Waals surface area contributed by atoms with Gasteiger partial charge in [0.05, 0.1) is 6.20 Å². The zero-order valence-corrected chi connectivity index (χ0v) is 16.1. The van der Waals surface area contributed by atoms with E-state index in [1.54, 1.807) is 18.1 Å². The van der Waals surface area contributed by atoms with Crippen molar-refractivity contribution in [1.29, 1.82) is 0 Å². The van der Waals surface area contributed by atoms with E-state index in [-0.39, 0.29) is 18.3 Å². The van der Waals surface area contributed by atoms with Gasteiger partial charge in [0.25, 0.3) is 0 Å². The van der Waals surface area contributed by atoms with Crippen LogP contribution in [0.2, 0.25) is 0 Å². The molecule has 3 rings (SSSR count). The molecule has 2 aromatic carbocycles. The highest BCUT2D eigenvalue weighted by molar-refractivity contribution is 9.10. The van der Waals surface area contributed by atoms with Crippen molar-refractivity contribution < 1.29 is 13.6 Å². The van der Waals surface area contributed by atoms with Gasteiger partial charge in [0.15, 0.2) is 5.82 Å². The number of hydrogen-bond acceptors (Lipinski definition) is 2. The van der Waals surface area contributed by atoms with Crippen molar-refractivity contribution in [3.05, 3.63) is 82.1 Å². The summed E-state index contributed by atoms with van der Waals surface area (Å²) in [6.45, 7) is 0.714. The molecule has 8 heteroatoms. The zero-order valence-electron chi connectivity index (χ0n) is 14.5.